The van der Waals surface area contributed by atoms with Gasteiger partial charge in [0.05, 0.1) is 5.75 Å². The van der Waals surface area contributed by atoms with Crippen LogP contribution in [0.4, 0.5) is 0 Å². The van der Waals surface area contributed by atoms with Crippen molar-refractivity contribution in [1.82, 2.24) is 10.2 Å². The first kappa shape index (κ1) is 14.8. The molecule has 1 atom stereocenters. The molecule has 0 spiro atoms. The van der Waals surface area contributed by atoms with Crippen molar-refractivity contribution in [2.24, 2.45) is 5.41 Å². The molecule has 1 unspecified atom stereocenters. The summed E-state index contributed by atoms with van der Waals surface area (Å²) in [6.07, 6.45) is 5.53. The molecule has 0 aromatic carbocycles. The van der Waals surface area contributed by atoms with Crippen molar-refractivity contribution >= 4 is 15.7 Å². The van der Waals surface area contributed by atoms with E-state index >= 15 is 0 Å². The van der Waals surface area contributed by atoms with Crippen molar-refractivity contribution < 1.29 is 13.2 Å². The largest absolute Gasteiger partial charge is 0.341 e. The fourth-order valence-electron chi connectivity index (χ4n) is 2.98. The van der Waals surface area contributed by atoms with Crippen molar-refractivity contribution in [3.05, 3.63) is 0 Å². The minimum atomic E-state index is -2.99. The summed E-state index contributed by atoms with van der Waals surface area (Å²) < 4.78 is 22.8. The first-order valence-corrected chi connectivity index (χ1v) is 9.02. The molecule has 0 aromatic rings. The lowest BCUT2D eigenvalue weighted by molar-refractivity contribution is -0.133. The van der Waals surface area contributed by atoms with E-state index in [9.17, 15) is 13.2 Å². The van der Waals surface area contributed by atoms with Crippen molar-refractivity contribution in [2.75, 3.05) is 32.1 Å². The Morgan fingerprint density at radius 3 is 2.63 bits per heavy atom. The second-order valence-corrected chi connectivity index (χ2v) is 8.35. The van der Waals surface area contributed by atoms with Crippen molar-refractivity contribution in [3.63, 3.8) is 0 Å². The van der Waals surface area contributed by atoms with E-state index in [1.807, 2.05) is 11.9 Å². The zero-order chi connectivity index (χ0) is 14.1. The van der Waals surface area contributed by atoms with Crippen molar-refractivity contribution in [2.45, 2.75) is 38.1 Å². The van der Waals surface area contributed by atoms with E-state index in [0.29, 0.717) is 12.5 Å². The van der Waals surface area contributed by atoms with Crippen LogP contribution in [0.5, 0.6) is 0 Å². The van der Waals surface area contributed by atoms with Crippen LogP contribution >= 0.6 is 0 Å². The molecule has 5 nitrogen and oxygen atoms in total. The Labute approximate surface area is 115 Å². The van der Waals surface area contributed by atoms with Gasteiger partial charge >= 0.3 is 0 Å². The highest BCUT2D eigenvalue weighted by Gasteiger charge is 2.47. The topological polar surface area (TPSA) is 66.5 Å². The number of hydrogen-bond acceptors (Lipinski definition) is 4. The molecule has 2 rings (SSSR count). The van der Waals surface area contributed by atoms with Crippen LogP contribution in [0.2, 0.25) is 0 Å². The minimum Gasteiger partial charge on any atom is -0.341 e. The Bertz CT molecular complexity index is 443. The minimum absolute atomic E-state index is 0.126. The number of piperidine rings is 1. The third kappa shape index (κ3) is 4.18. The van der Waals surface area contributed by atoms with Gasteiger partial charge in [0.1, 0.15) is 9.84 Å². The van der Waals surface area contributed by atoms with Crippen LogP contribution in [0, 0.1) is 5.41 Å². The molecular weight excluding hydrogens is 264 g/mol. The molecule has 2 aliphatic rings. The molecule has 1 heterocycles. The Kier molecular flexibility index (Phi) is 4.20. The summed E-state index contributed by atoms with van der Waals surface area (Å²) in [6.45, 7) is 1.57. The highest BCUT2D eigenvalue weighted by Crippen LogP contribution is 2.50. The molecule has 1 amide bonds. The quantitative estimate of drug-likeness (QED) is 0.796. The summed E-state index contributed by atoms with van der Waals surface area (Å²) in [5.41, 5.74) is -0.253. The van der Waals surface area contributed by atoms with Crippen LogP contribution in [-0.4, -0.2) is 57.4 Å². The highest BCUT2D eigenvalue weighted by molar-refractivity contribution is 7.90. The fourth-order valence-corrected chi connectivity index (χ4v) is 4.48. The Morgan fingerprint density at radius 1 is 1.42 bits per heavy atom. The number of amides is 1. The number of hydrogen-bond donors (Lipinski definition) is 1. The molecule has 0 aromatic heterocycles. The number of likely N-dealkylation sites (tertiary alicyclic amines) is 1. The lowest BCUT2D eigenvalue weighted by atomic mass is 10.0. The molecular formula is C13H24N2O3S. The van der Waals surface area contributed by atoms with E-state index in [2.05, 4.69) is 5.32 Å². The van der Waals surface area contributed by atoms with Crippen LogP contribution in [-0.2, 0) is 14.6 Å². The molecule has 6 heteroatoms. The maximum absolute atomic E-state index is 12.3. The number of nitrogens with zero attached hydrogens (tertiary/aromatic N) is 1. The summed E-state index contributed by atoms with van der Waals surface area (Å²) in [4.78, 5) is 14.2. The molecule has 1 saturated heterocycles. The molecule has 110 valence electrons. The first-order valence-electron chi connectivity index (χ1n) is 6.96. The van der Waals surface area contributed by atoms with Crippen molar-refractivity contribution in [3.8, 4) is 0 Å². The summed E-state index contributed by atoms with van der Waals surface area (Å²) in [7, 11) is -1.07. The summed E-state index contributed by atoms with van der Waals surface area (Å²) >= 11 is 0. The van der Waals surface area contributed by atoms with Gasteiger partial charge in [0.15, 0.2) is 0 Å². The monoisotopic (exact) mass is 288 g/mol. The van der Waals surface area contributed by atoms with Gasteiger partial charge in [-0.3, -0.25) is 4.79 Å². The van der Waals surface area contributed by atoms with Crippen LogP contribution in [0.15, 0.2) is 0 Å². The number of sulfone groups is 1. The van der Waals surface area contributed by atoms with Crippen LogP contribution in [0.25, 0.3) is 0 Å². The number of carbonyl (C=O) groups excluding carboxylic acids is 1. The highest BCUT2D eigenvalue weighted by atomic mass is 32.2. The predicted octanol–water partition coefficient (Wildman–Crippen LogP) is 0.412. The normalized spacial score (nSPS) is 26.2. The summed E-state index contributed by atoms with van der Waals surface area (Å²) in [5, 5.41) is 3.22. The van der Waals surface area contributed by atoms with E-state index in [4.69, 9.17) is 0 Å². The molecule has 1 saturated carbocycles. The second kappa shape index (κ2) is 5.40. The number of rotatable bonds is 5. The average Bonchev–Trinajstić information content (AvgIpc) is 3.06. The molecule has 0 bridgehead atoms. The van der Waals surface area contributed by atoms with Crippen LogP contribution < -0.4 is 5.32 Å². The lowest BCUT2D eigenvalue weighted by Gasteiger charge is -2.33. The molecule has 1 aliphatic heterocycles. The SMILES string of the molecule is CNC1CCCN(C(=O)CC2(CS(C)(=O)=O)CC2)C1. The van der Waals surface area contributed by atoms with Gasteiger partial charge in [-0.2, -0.15) is 0 Å². The first-order chi connectivity index (χ1) is 8.84. The van der Waals surface area contributed by atoms with Crippen molar-refractivity contribution in [1.29, 1.82) is 0 Å². The third-order valence-corrected chi connectivity index (χ3v) is 5.37. The van der Waals surface area contributed by atoms with Gasteiger partial charge in [0.2, 0.25) is 5.91 Å². The molecule has 2 fully saturated rings. The third-order valence-electron chi connectivity index (χ3n) is 4.23. The van der Waals surface area contributed by atoms with E-state index in [0.717, 1.165) is 38.8 Å². The standard InChI is InChI=1S/C13H24N2O3S/c1-14-11-4-3-7-15(9-11)12(16)8-13(5-6-13)10-19(2,17)18/h11,14H,3-10H2,1-2H3. The van der Waals surface area contributed by atoms with Gasteiger partial charge in [-0.05, 0) is 38.1 Å². The van der Waals surface area contributed by atoms with E-state index in [1.54, 1.807) is 0 Å². The second-order valence-electron chi connectivity index (χ2n) is 6.21. The lowest BCUT2D eigenvalue weighted by Crippen LogP contribution is -2.47. The molecule has 0 radical (unpaired) electrons. The number of likely N-dealkylation sites (N-methyl/N-ethyl adjacent to an activating group) is 1. The zero-order valence-corrected chi connectivity index (χ0v) is 12.6. The van der Waals surface area contributed by atoms with Gasteiger partial charge in [0.25, 0.3) is 0 Å². The maximum atomic E-state index is 12.3. The Balaban J connectivity index is 1.90. The average molecular weight is 288 g/mol. The molecule has 1 aliphatic carbocycles. The van der Waals surface area contributed by atoms with Gasteiger partial charge in [-0.15, -0.1) is 0 Å². The molecule has 1 N–H and O–H groups in total. The maximum Gasteiger partial charge on any atom is 0.223 e. The van der Waals surface area contributed by atoms with Gasteiger partial charge in [-0.1, -0.05) is 0 Å². The predicted molar refractivity (Wildman–Crippen MR) is 74.7 cm³/mol. The van der Waals surface area contributed by atoms with Gasteiger partial charge in [0, 0.05) is 31.8 Å². The van der Waals surface area contributed by atoms with Crippen LogP contribution in [0.1, 0.15) is 32.1 Å². The van der Waals surface area contributed by atoms with E-state index in [1.165, 1.54) is 6.26 Å². The van der Waals surface area contributed by atoms with E-state index in [-0.39, 0.29) is 17.1 Å². The zero-order valence-electron chi connectivity index (χ0n) is 11.8. The smallest absolute Gasteiger partial charge is 0.223 e. The number of carbonyl (C=O) groups is 1. The Morgan fingerprint density at radius 2 is 2.11 bits per heavy atom. The summed E-state index contributed by atoms with van der Waals surface area (Å²) in [6, 6.07) is 0.378. The number of nitrogens with one attached hydrogen (secondary N) is 1. The van der Waals surface area contributed by atoms with Gasteiger partial charge < -0.3 is 10.2 Å². The van der Waals surface area contributed by atoms with E-state index < -0.39 is 9.84 Å². The van der Waals surface area contributed by atoms with Crippen LogP contribution in [0.3, 0.4) is 0 Å². The van der Waals surface area contributed by atoms with Gasteiger partial charge in [-0.25, -0.2) is 8.42 Å². The Hall–Kier alpha value is -0.620. The summed E-state index contributed by atoms with van der Waals surface area (Å²) in [5.74, 6) is 0.288. The fraction of sp³-hybridized carbons (Fsp3) is 0.923. The molecule has 19 heavy (non-hydrogen) atoms.